The standard InChI is InChI=1S/C12H20O3/c1-6-7-9(8-10(13)15-5)11(14)12(2,3)4/h6,9H,1,7-8H2,2-5H3. The first-order valence-electron chi connectivity index (χ1n) is 5.05. The van der Waals surface area contributed by atoms with Gasteiger partial charge in [-0.3, -0.25) is 9.59 Å². The van der Waals surface area contributed by atoms with E-state index in [1.807, 2.05) is 20.8 Å². The monoisotopic (exact) mass is 212 g/mol. The molecule has 0 heterocycles. The minimum absolute atomic E-state index is 0.0767. The van der Waals surface area contributed by atoms with Crippen LogP contribution in [0.25, 0.3) is 0 Å². The van der Waals surface area contributed by atoms with Gasteiger partial charge in [-0.1, -0.05) is 26.8 Å². The molecule has 0 rings (SSSR count). The largest absolute Gasteiger partial charge is 0.469 e. The van der Waals surface area contributed by atoms with Gasteiger partial charge in [0.05, 0.1) is 13.5 Å². The number of ketones is 1. The van der Waals surface area contributed by atoms with E-state index >= 15 is 0 Å². The number of carbonyl (C=O) groups excluding carboxylic acids is 2. The maximum absolute atomic E-state index is 12.0. The van der Waals surface area contributed by atoms with E-state index in [1.54, 1.807) is 6.08 Å². The summed E-state index contributed by atoms with van der Waals surface area (Å²) in [5, 5.41) is 0. The lowest BCUT2D eigenvalue weighted by molar-refractivity contribution is -0.145. The summed E-state index contributed by atoms with van der Waals surface area (Å²) in [6, 6.07) is 0. The molecule has 0 aromatic rings. The zero-order valence-corrected chi connectivity index (χ0v) is 10.0. The van der Waals surface area contributed by atoms with Gasteiger partial charge in [-0.05, 0) is 6.42 Å². The number of allylic oxidation sites excluding steroid dienone is 1. The summed E-state index contributed by atoms with van der Waals surface area (Å²) < 4.78 is 4.56. The SMILES string of the molecule is C=CCC(CC(=O)OC)C(=O)C(C)(C)C. The van der Waals surface area contributed by atoms with E-state index in [4.69, 9.17) is 0 Å². The minimum Gasteiger partial charge on any atom is -0.469 e. The van der Waals surface area contributed by atoms with Crippen molar-refractivity contribution >= 4 is 11.8 Å². The highest BCUT2D eigenvalue weighted by Crippen LogP contribution is 2.24. The summed E-state index contributed by atoms with van der Waals surface area (Å²) in [6.45, 7) is 9.14. The molecule has 0 radical (unpaired) electrons. The first kappa shape index (κ1) is 13.9. The van der Waals surface area contributed by atoms with E-state index in [1.165, 1.54) is 7.11 Å². The zero-order chi connectivity index (χ0) is 12.1. The van der Waals surface area contributed by atoms with Crippen LogP contribution in [0, 0.1) is 11.3 Å². The summed E-state index contributed by atoms with van der Waals surface area (Å²) >= 11 is 0. The van der Waals surface area contributed by atoms with E-state index in [0.717, 1.165) is 0 Å². The molecule has 0 aromatic carbocycles. The number of hydrogen-bond acceptors (Lipinski definition) is 3. The number of rotatable bonds is 5. The molecule has 15 heavy (non-hydrogen) atoms. The molecule has 0 N–H and O–H groups in total. The van der Waals surface area contributed by atoms with Gasteiger partial charge in [-0.15, -0.1) is 6.58 Å². The topological polar surface area (TPSA) is 43.4 Å². The third-order valence-corrected chi connectivity index (χ3v) is 2.20. The Morgan fingerprint density at radius 2 is 1.93 bits per heavy atom. The second-order valence-electron chi connectivity index (χ2n) is 4.62. The molecule has 3 heteroatoms. The van der Waals surface area contributed by atoms with Gasteiger partial charge in [0.2, 0.25) is 0 Å². The molecule has 0 amide bonds. The predicted molar refractivity (Wildman–Crippen MR) is 59.4 cm³/mol. The fourth-order valence-electron chi connectivity index (χ4n) is 1.38. The quantitative estimate of drug-likeness (QED) is 0.519. The van der Waals surface area contributed by atoms with Crippen molar-refractivity contribution < 1.29 is 14.3 Å². The average molecular weight is 212 g/mol. The van der Waals surface area contributed by atoms with Crippen molar-refractivity contribution in [2.24, 2.45) is 11.3 Å². The maximum Gasteiger partial charge on any atom is 0.306 e. The third-order valence-electron chi connectivity index (χ3n) is 2.20. The van der Waals surface area contributed by atoms with Crippen LogP contribution in [0.5, 0.6) is 0 Å². The van der Waals surface area contributed by atoms with Gasteiger partial charge < -0.3 is 4.74 Å². The van der Waals surface area contributed by atoms with Crippen LogP contribution in [-0.2, 0) is 14.3 Å². The highest BCUT2D eigenvalue weighted by atomic mass is 16.5. The molecule has 0 aliphatic rings. The molecule has 0 spiro atoms. The van der Waals surface area contributed by atoms with Gasteiger partial charge in [-0.25, -0.2) is 0 Å². The summed E-state index contributed by atoms with van der Waals surface area (Å²) in [5.41, 5.74) is -0.429. The van der Waals surface area contributed by atoms with Gasteiger partial charge in [0.25, 0.3) is 0 Å². The van der Waals surface area contributed by atoms with Crippen molar-refractivity contribution in [2.75, 3.05) is 7.11 Å². The number of hydrogen-bond donors (Lipinski definition) is 0. The van der Waals surface area contributed by atoms with Crippen molar-refractivity contribution in [1.29, 1.82) is 0 Å². The predicted octanol–water partition coefficient (Wildman–Crippen LogP) is 2.36. The Labute approximate surface area is 91.5 Å². The van der Waals surface area contributed by atoms with Gasteiger partial charge in [0, 0.05) is 11.3 Å². The second kappa shape index (κ2) is 5.69. The van der Waals surface area contributed by atoms with Crippen LogP contribution in [-0.4, -0.2) is 18.9 Å². The Morgan fingerprint density at radius 1 is 1.40 bits per heavy atom. The van der Waals surface area contributed by atoms with Crippen molar-refractivity contribution in [3.05, 3.63) is 12.7 Å². The van der Waals surface area contributed by atoms with Gasteiger partial charge >= 0.3 is 5.97 Å². The van der Waals surface area contributed by atoms with Crippen molar-refractivity contribution in [3.8, 4) is 0 Å². The van der Waals surface area contributed by atoms with E-state index in [-0.39, 0.29) is 24.1 Å². The molecule has 0 fully saturated rings. The van der Waals surface area contributed by atoms with E-state index in [9.17, 15) is 9.59 Å². The first-order valence-corrected chi connectivity index (χ1v) is 5.05. The third kappa shape index (κ3) is 4.77. The number of ether oxygens (including phenoxy) is 1. The minimum atomic E-state index is -0.429. The lowest BCUT2D eigenvalue weighted by atomic mass is 9.80. The van der Waals surface area contributed by atoms with Crippen LogP contribution in [0.1, 0.15) is 33.6 Å². The van der Waals surface area contributed by atoms with E-state index < -0.39 is 5.41 Å². The summed E-state index contributed by atoms with van der Waals surface area (Å²) in [6.07, 6.45) is 2.32. The fourth-order valence-corrected chi connectivity index (χ4v) is 1.38. The number of Topliss-reactive ketones (excluding diaryl/α,β-unsaturated/α-hetero) is 1. The molecule has 3 nitrogen and oxygen atoms in total. The average Bonchev–Trinajstić information content (AvgIpc) is 2.14. The Bertz CT molecular complexity index is 248. The van der Waals surface area contributed by atoms with Crippen LogP contribution >= 0.6 is 0 Å². The van der Waals surface area contributed by atoms with Gasteiger partial charge in [-0.2, -0.15) is 0 Å². The molecule has 0 saturated heterocycles. The molecule has 0 saturated carbocycles. The highest BCUT2D eigenvalue weighted by molar-refractivity contribution is 5.89. The molecule has 0 aromatic heterocycles. The molecule has 0 aliphatic carbocycles. The summed E-state index contributed by atoms with van der Waals surface area (Å²) in [7, 11) is 1.33. The van der Waals surface area contributed by atoms with Crippen molar-refractivity contribution in [1.82, 2.24) is 0 Å². The number of esters is 1. The smallest absolute Gasteiger partial charge is 0.306 e. The Balaban J connectivity index is 4.59. The second-order valence-corrected chi connectivity index (χ2v) is 4.62. The fraction of sp³-hybridized carbons (Fsp3) is 0.667. The lowest BCUT2D eigenvalue weighted by Crippen LogP contribution is -2.30. The maximum atomic E-state index is 12.0. The number of carbonyl (C=O) groups is 2. The first-order chi connectivity index (χ1) is 6.82. The normalized spacial score (nSPS) is 13.1. The molecule has 0 bridgehead atoms. The van der Waals surface area contributed by atoms with Crippen molar-refractivity contribution in [3.63, 3.8) is 0 Å². The molecular formula is C12H20O3. The van der Waals surface area contributed by atoms with E-state index in [2.05, 4.69) is 11.3 Å². The van der Waals surface area contributed by atoms with Crippen LogP contribution < -0.4 is 0 Å². The number of methoxy groups -OCH3 is 1. The summed E-state index contributed by atoms with van der Waals surface area (Å²) in [4.78, 5) is 23.1. The highest BCUT2D eigenvalue weighted by Gasteiger charge is 2.30. The van der Waals surface area contributed by atoms with Crippen LogP contribution in [0.15, 0.2) is 12.7 Å². The van der Waals surface area contributed by atoms with Gasteiger partial charge in [0.1, 0.15) is 5.78 Å². The van der Waals surface area contributed by atoms with Crippen LogP contribution in [0.3, 0.4) is 0 Å². The Hall–Kier alpha value is -1.12. The van der Waals surface area contributed by atoms with Gasteiger partial charge in [0.15, 0.2) is 0 Å². The molecule has 1 atom stereocenters. The van der Waals surface area contributed by atoms with Crippen molar-refractivity contribution in [2.45, 2.75) is 33.6 Å². The zero-order valence-electron chi connectivity index (χ0n) is 10.0. The Morgan fingerprint density at radius 3 is 2.27 bits per heavy atom. The molecule has 0 aliphatic heterocycles. The van der Waals surface area contributed by atoms with Crippen LogP contribution in [0.4, 0.5) is 0 Å². The summed E-state index contributed by atoms with van der Waals surface area (Å²) in [5.74, 6) is -0.581. The van der Waals surface area contributed by atoms with E-state index in [0.29, 0.717) is 6.42 Å². The Kier molecular flexibility index (Phi) is 5.26. The molecule has 86 valence electrons. The lowest BCUT2D eigenvalue weighted by Gasteiger charge is -2.23. The molecular weight excluding hydrogens is 192 g/mol. The molecule has 1 unspecified atom stereocenters. The van der Waals surface area contributed by atoms with Crippen LogP contribution in [0.2, 0.25) is 0 Å².